The van der Waals surface area contributed by atoms with Gasteiger partial charge in [0.25, 0.3) is 0 Å². The number of likely N-dealkylation sites (tertiary alicyclic amines) is 1. The predicted molar refractivity (Wildman–Crippen MR) is 168 cm³/mol. The van der Waals surface area contributed by atoms with Gasteiger partial charge in [-0.15, -0.1) is 0 Å². The van der Waals surface area contributed by atoms with Crippen molar-refractivity contribution in [3.63, 3.8) is 0 Å². The van der Waals surface area contributed by atoms with Crippen LogP contribution in [0.4, 0.5) is 0 Å². The Bertz CT molecular complexity index is 1780. The Kier molecular flexibility index (Phi) is 7.07. The van der Waals surface area contributed by atoms with Crippen LogP contribution in [0.15, 0.2) is 96.6 Å². The van der Waals surface area contributed by atoms with Crippen LogP contribution >= 0.6 is 0 Å². The number of carbonyl (C=O) groups excluding carboxylic acids is 4. The number of rotatable bonds is 6. The molecule has 3 aromatic rings. The van der Waals surface area contributed by atoms with Crippen LogP contribution in [-0.2, 0) is 24.6 Å². The molecule has 1 aliphatic heterocycles. The number of aromatic hydroxyl groups is 1. The van der Waals surface area contributed by atoms with Crippen LogP contribution in [0.1, 0.15) is 48.8 Å². The van der Waals surface area contributed by atoms with Gasteiger partial charge in [0.05, 0.1) is 24.4 Å². The van der Waals surface area contributed by atoms with Crippen LogP contribution in [0.5, 0.6) is 11.5 Å². The van der Waals surface area contributed by atoms with E-state index in [2.05, 4.69) is 0 Å². The lowest BCUT2D eigenvalue weighted by molar-refractivity contribution is -0.140. The number of methoxy groups -OCH3 is 1. The molecule has 2 amide bonds. The monoisotopic (exact) mass is 601 g/mol. The third kappa shape index (κ3) is 4.16. The number of benzene rings is 3. The molecule has 2 fully saturated rings. The number of hydrogen-bond acceptors (Lipinski definition) is 6. The number of amides is 2. The van der Waals surface area contributed by atoms with E-state index in [-0.39, 0.29) is 41.3 Å². The number of Topliss-reactive ketones (excluding diaryl/α,β-unsaturated/α-hetero) is 1. The van der Waals surface area contributed by atoms with Gasteiger partial charge in [0.15, 0.2) is 23.1 Å². The van der Waals surface area contributed by atoms with Gasteiger partial charge >= 0.3 is 0 Å². The molecule has 6 atom stereocenters. The van der Waals surface area contributed by atoms with Crippen LogP contribution in [0.3, 0.4) is 0 Å². The van der Waals surface area contributed by atoms with Gasteiger partial charge in [0.2, 0.25) is 11.8 Å². The van der Waals surface area contributed by atoms with Crippen molar-refractivity contribution in [1.29, 1.82) is 0 Å². The molecule has 3 aliphatic carbocycles. The van der Waals surface area contributed by atoms with Gasteiger partial charge in [0.1, 0.15) is 0 Å². The smallest absolute Gasteiger partial charge is 0.233 e. The molecule has 1 heterocycles. The number of allylic oxidation sites excluding steroid dienone is 4. The summed E-state index contributed by atoms with van der Waals surface area (Å²) in [5.74, 6) is -3.51. The first-order chi connectivity index (χ1) is 21.8. The minimum atomic E-state index is -1.33. The normalized spacial score (nSPS) is 29.0. The van der Waals surface area contributed by atoms with E-state index in [1.165, 1.54) is 18.1 Å². The van der Waals surface area contributed by atoms with Crippen LogP contribution in [0.2, 0.25) is 0 Å². The standard InChI is InChI=1S/C38H35NO6/c1-3-18-39-36(43)26-16-15-25-28(33(26)37(39)44)20-29-35(42)27(22-10-6-4-7-11-22)21-32(41)38(29,24-12-8-5-9-13-24)34(25)23-14-17-31(45-2)30(40)19-23/h4-15,17,19,21,26,28-29,33-34,40H,3,16,18,20H2,1-2H3. The maximum atomic E-state index is 15.0. The molecular weight excluding hydrogens is 566 g/mol. The van der Waals surface area contributed by atoms with Crippen molar-refractivity contribution in [2.45, 2.75) is 37.5 Å². The second-order valence-corrected chi connectivity index (χ2v) is 12.5. The third-order valence-corrected chi connectivity index (χ3v) is 10.4. The average Bonchev–Trinajstić information content (AvgIpc) is 3.31. The lowest BCUT2D eigenvalue weighted by atomic mass is 9.44. The number of imide groups is 1. The highest BCUT2D eigenvalue weighted by atomic mass is 16.5. The number of fused-ring (bicyclic) bond motifs is 4. The molecule has 1 saturated carbocycles. The second-order valence-electron chi connectivity index (χ2n) is 12.5. The highest BCUT2D eigenvalue weighted by molar-refractivity contribution is 6.31. The number of phenols is 1. The van der Waals surface area contributed by atoms with Gasteiger partial charge in [-0.3, -0.25) is 24.1 Å². The van der Waals surface area contributed by atoms with Crippen molar-refractivity contribution in [2.24, 2.45) is 23.7 Å². The lowest BCUT2D eigenvalue weighted by Crippen LogP contribution is -2.58. The first-order valence-corrected chi connectivity index (χ1v) is 15.7. The Balaban J connectivity index is 1.50. The zero-order valence-corrected chi connectivity index (χ0v) is 25.3. The van der Waals surface area contributed by atoms with Gasteiger partial charge < -0.3 is 9.84 Å². The first kappa shape index (κ1) is 29.0. The summed E-state index contributed by atoms with van der Waals surface area (Å²) in [4.78, 5) is 58.7. The van der Waals surface area contributed by atoms with E-state index in [0.29, 0.717) is 41.6 Å². The Labute approximate surface area is 262 Å². The molecule has 7 rings (SSSR count). The van der Waals surface area contributed by atoms with Gasteiger partial charge in [-0.2, -0.15) is 0 Å². The van der Waals surface area contributed by atoms with Crippen LogP contribution in [0.25, 0.3) is 5.57 Å². The molecule has 0 spiro atoms. The quantitative estimate of drug-likeness (QED) is 0.290. The summed E-state index contributed by atoms with van der Waals surface area (Å²) in [7, 11) is 1.47. The summed E-state index contributed by atoms with van der Waals surface area (Å²) < 4.78 is 5.35. The van der Waals surface area contributed by atoms with Crippen LogP contribution in [0, 0.1) is 23.7 Å². The van der Waals surface area contributed by atoms with Crippen molar-refractivity contribution in [2.75, 3.05) is 13.7 Å². The molecule has 1 saturated heterocycles. The predicted octanol–water partition coefficient (Wildman–Crippen LogP) is 5.64. The zero-order chi connectivity index (χ0) is 31.5. The van der Waals surface area contributed by atoms with Gasteiger partial charge in [0, 0.05) is 24.0 Å². The van der Waals surface area contributed by atoms with E-state index < -0.39 is 35.0 Å². The van der Waals surface area contributed by atoms with E-state index in [1.807, 2.05) is 79.7 Å². The summed E-state index contributed by atoms with van der Waals surface area (Å²) >= 11 is 0. The summed E-state index contributed by atoms with van der Waals surface area (Å²) in [5, 5.41) is 11.0. The summed E-state index contributed by atoms with van der Waals surface area (Å²) in [5.41, 5.74) is 1.92. The fourth-order valence-corrected chi connectivity index (χ4v) is 8.65. The molecule has 45 heavy (non-hydrogen) atoms. The van der Waals surface area contributed by atoms with Crippen LogP contribution < -0.4 is 4.74 Å². The average molecular weight is 602 g/mol. The van der Waals surface area contributed by atoms with Gasteiger partial charge in [-0.1, -0.05) is 85.3 Å². The summed E-state index contributed by atoms with van der Waals surface area (Å²) in [6, 6.07) is 23.7. The third-order valence-electron chi connectivity index (χ3n) is 10.4. The van der Waals surface area contributed by atoms with E-state index in [9.17, 15) is 24.3 Å². The minimum Gasteiger partial charge on any atom is -0.504 e. The molecule has 0 bridgehead atoms. The van der Waals surface area contributed by atoms with E-state index in [4.69, 9.17) is 4.74 Å². The molecule has 7 nitrogen and oxygen atoms in total. The van der Waals surface area contributed by atoms with Crippen LogP contribution in [-0.4, -0.2) is 47.0 Å². The lowest BCUT2D eigenvalue weighted by Gasteiger charge is -2.55. The number of hydrogen-bond donors (Lipinski definition) is 1. The zero-order valence-electron chi connectivity index (χ0n) is 25.3. The maximum Gasteiger partial charge on any atom is 0.233 e. The van der Waals surface area contributed by atoms with E-state index >= 15 is 0 Å². The molecule has 3 aromatic carbocycles. The molecule has 6 unspecified atom stereocenters. The van der Waals surface area contributed by atoms with Crippen molar-refractivity contribution in [3.05, 3.63) is 113 Å². The van der Waals surface area contributed by atoms with Crippen molar-refractivity contribution >= 4 is 29.0 Å². The number of phenolic OH excluding ortho intramolecular Hbond substituents is 1. The first-order valence-electron chi connectivity index (χ1n) is 15.7. The Morgan fingerprint density at radius 3 is 2.29 bits per heavy atom. The summed E-state index contributed by atoms with van der Waals surface area (Å²) in [6.45, 7) is 2.30. The molecule has 0 aromatic heterocycles. The molecule has 1 N–H and O–H groups in total. The Morgan fingerprint density at radius 1 is 0.911 bits per heavy atom. The second kappa shape index (κ2) is 11.0. The maximum absolute atomic E-state index is 15.0. The number of nitrogens with zero attached hydrogens (tertiary/aromatic N) is 1. The van der Waals surface area contributed by atoms with E-state index in [1.54, 1.807) is 12.1 Å². The van der Waals surface area contributed by atoms with Crippen molar-refractivity contribution in [1.82, 2.24) is 4.90 Å². The number of ketones is 2. The largest absolute Gasteiger partial charge is 0.504 e. The van der Waals surface area contributed by atoms with Gasteiger partial charge in [-0.25, -0.2) is 0 Å². The van der Waals surface area contributed by atoms with Gasteiger partial charge in [-0.05, 0) is 60.1 Å². The SMILES string of the molecule is CCCN1C(=O)C2CC=C3C(CC4C(=O)C(c5ccccc5)=CC(=O)C4(c4ccccc4)C3c3ccc(OC)c(O)c3)C2C1=O. The Morgan fingerprint density at radius 2 is 1.62 bits per heavy atom. The number of ether oxygens (including phenoxy) is 1. The van der Waals surface area contributed by atoms with Crippen molar-refractivity contribution in [3.8, 4) is 11.5 Å². The molecule has 0 radical (unpaired) electrons. The minimum absolute atomic E-state index is 0.0810. The Hall–Kier alpha value is -4.78. The molecule has 4 aliphatic rings. The number of carbonyl (C=O) groups is 4. The fraction of sp³-hybridized carbons (Fsp3) is 0.316. The van der Waals surface area contributed by atoms with E-state index in [0.717, 1.165) is 5.57 Å². The topological polar surface area (TPSA) is 101 Å². The van der Waals surface area contributed by atoms with Crippen molar-refractivity contribution < 1.29 is 29.0 Å². The molecular formula is C38H35NO6. The molecule has 7 heteroatoms. The summed E-state index contributed by atoms with van der Waals surface area (Å²) in [6.07, 6.45) is 4.83. The fourth-order valence-electron chi connectivity index (χ4n) is 8.65. The highest BCUT2D eigenvalue weighted by Gasteiger charge is 2.65. The highest BCUT2D eigenvalue weighted by Crippen LogP contribution is 2.63. The molecule has 228 valence electrons.